The molecule has 3 nitrogen and oxygen atoms in total. The van der Waals surface area contributed by atoms with Crippen molar-refractivity contribution >= 4 is 11.6 Å². The summed E-state index contributed by atoms with van der Waals surface area (Å²) < 4.78 is 5.62. The second-order valence-corrected chi connectivity index (χ2v) is 4.01. The summed E-state index contributed by atoms with van der Waals surface area (Å²) in [6.45, 7) is 0.747. The molecule has 0 aliphatic rings. The summed E-state index contributed by atoms with van der Waals surface area (Å²) in [6.07, 6.45) is 1.70. The summed E-state index contributed by atoms with van der Waals surface area (Å²) in [5, 5.41) is 3.69. The van der Waals surface area contributed by atoms with E-state index in [4.69, 9.17) is 16.3 Å². The number of nitrogens with zero attached hydrogens (tertiary/aromatic N) is 1. The largest absolute Gasteiger partial charge is 0.456 e. The van der Waals surface area contributed by atoms with Crippen LogP contribution in [0.25, 0.3) is 0 Å². The monoisotopic (exact) mass is 248 g/mol. The van der Waals surface area contributed by atoms with Gasteiger partial charge in [0.25, 0.3) is 0 Å². The van der Waals surface area contributed by atoms with Crippen LogP contribution in [0.3, 0.4) is 0 Å². The number of pyridine rings is 1. The van der Waals surface area contributed by atoms with Crippen LogP contribution in [0.2, 0.25) is 5.02 Å². The predicted molar refractivity (Wildman–Crippen MR) is 68.5 cm³/mol. The highest BCUT2D eigenvalue weighted by molar-refractivity contribution is 6.30. The fourth-order valence-corrected chi connectivity index (χ4v) is 1.60. The van der Waals surface area contributed by atoms with Crippen LogP contribution < -0.4 is 10.1 Å². The lowest BCUT2D eigenvalue weighted by atomic mass is 10.3. The molecule has 88 valence electrons. The van der Waals surface area contributed by atoms with Crippen LogP contribution in [-0.2, 0) is 6.54 Å². The molecular weight excluding hydrogens is 236 g/mol. The molecule has 0 saturated heterocycles. The van der Waals surface area contributed by atoms with E-state index in [2.05, 4.69) is 10.3 Å². The maximum Gasteiger partial charge on any atom is 0.145 e. The van der Waals surface area contributed by atoms with E-state index in [1.165, 1.54) is 0 Å². The highest BCUT2D eigenvalue weighted by Crippen LogP contribution is 2.23. The summed E-state index contributed by atoms with van der Waals surface area (Å²) in [5.41, 5.74) is 0.978. The first-order valence-corrected chi connectivity index (χ1v) is 5.68. The normalized spacial score (nSPS) is 10.2. The van der Waals surface area contributed by atoms with Crippen molar-refractivity contribution in [2.24, 2.45) is 0 Å². The van der Waals surface area contributed by atoms with Crippen molar-refractivity contribution in [1.29, 1.82) is 0 Å². The van der Waals surface area contributed by atoms with Crippen molar-refractivity contribution in [1.82, 2.24) is 10.3 Å². The first kappa shape index (κ1) is 11.9. The molecule has 0 aliphatic heterocycles. The average Bonchev–Trinajstić information content (AvgIpc) is 2.32. The molecule has 1 aromatic heterocycles. The third-order valence-electron chi connectivity index (χ3n) is 2.19. The van der Waals surface area contributed by atoms with E-state index in [0.717, 1.165) is 12.2 Å². The Morgan fingerprint density at radius 2 is 2.12 bits per heavy atom. The van der Waals surface area contributed by atoms with E-state index < -0.39 is 0 Å². The second-order valence-electron chi connectivity index (χ2n) is 3.58. The van der Waals surface area contributed by atoms with Crippen molar-refractivity contribution < 1.29 is 4.74 Å². The molecule has 0 atom stereocenters. The molecule has 0 aliphatic carbocycles. The highest BCUT2D eigenvalue weighted by atomic mass is 35.5. The zero-order chi connectivity index (χ0) is 12.1. The van der Waals surface area contributed by atoms with Crippen molar-refractivity contribution in [3.63, 3.8) is 0 Å². The fourth-order valence-electron chi connectivity index (χ4n) is 1.42. The molecule has 17 heavy (non-hydrogen) atoms. The second kappa shape index (κ2) is 5.66. The first-order valence-electron chi connectivity index (χ1n) is 5.31. The lowest BCUT2D eigenvalue weighted by Crippen LogP contribution is -2.06. The van der Waals surface area contributed by atoms with Crippen molar-refractivity contribution in [3.05, 3.63) is 53.3 Å². The molecule has 0 saturated carbocycles. The molecule has 2 aromatic rings. The Hall–Kier alpha value is -1.58. The zero-order valence-electron chi connectivity index (χ0n) is 9.48. The average molecular weight is 249 g/mol. The number of aromatic nitrogens is 1. The third kappa shape index (κ3) is 3.44. The Morgan fingerprint density at radius 1 is 1.24 bits per heavy atom. The SMILES string of the molecule is CNCc1ccc(Oc2cccc(Cl)c2)cn1. The molecule has 0 spiro atoms. The molecular formula is C13H13ClN2O. The van der Waals surface area contributed by atoms with Crippen LogP contribution in [0.4, 0.5) is 0 Å². The molecule has 4 heteroatoms. The smallest absolute Gasteiger partial charge is 0.145 e. The topological polar surface area (TPSA) is 34.1 Å². The van der Waals surface area contributed by atoms with Gasteiger partial charge in [0.1, 0.15) is 11.5 Å². The van der Waals surface area contributed by atoms with E-state index in [0.29, 0.717) is 16.5 Å². The lowest BCUT2D eigenvalue weighted by Gasteiger charge is -2.06. The minimum absolute atomic E-state index is 0.655. The molecule has 0 unspecified atom stereocenters. The quantitative estimate of drug-likeness (QED) is 0.902. The van der Waals surface area contributed by atoms with Gasteiger partial charge in [-0.1, -0.05) is 17.7 Å². The lowest BCUT2D eigenvalue weighted by molar-refractivity contribution is 0.479. The summed E-state index contributed by atoms with van der Waals surface area (Å²) in [4.78, 5) is 4.27. The van der Waals surface area contributed by atoms with Crippen LogP contribution in [0, 0.1) is 0 Å². The van der Waals surface area contributed by atoms with Crippen LogP contribution in [0.1, 0.15) is 5.69 Å². The zero-order valence-corrected chi connectivity index (χ0v) is 10.2. The summed E-state index contributed by atoms with van der Waals surface area (Å²) in [5.74, 6) is 1.41. The standard InChI is InChI=1S/C13H13ClN2O/c1-15-8-11-5-6-13(9-16-11)17-12-4-2-3-10(14)7-12/h2-7,9,15H,8H2,1H3. The van der Waals surface area contributed by atoms with Gasteiger partial charge in [0.2, 0.25) is 0 Å². The van der Waals surface area contributed by atoms with Crippen LogP contribution in [0.5, 0.6) is 11.5 Å². The Labute approximate surface area is 105 Å². The van der Waals surface area contributed by atoms with Crippen LogP contribution in [0.15, 0.2) is 42.6 Å². The summed E-state index contributed by atoms with van der Waals surface area (Å²) in [7, 11) is 1.89. The number of ether oxygens (including phenoxy) is 1. The molecule has 0 radical (unpaired) electrons. The van der Waals surface area contributed by atoms with Gasteiger partial charge in [0.05, 0.1) is 11.9 Å². The van der Waals surface area contributed by atoms with Gasteiger partial charge in [0, 0.05) is 11.6 Å². The Morgan fingerprint density at radius 3 is 2.76 bits per heavy atom. The van der Waals surface area contributed by atoms with Gasteiger partial charge in [-0.15, -0.1) is 0 Å². The Bertz CT molecular complexity index is 485. The molecule has 2 rings (SSSR count). The molecule has 1 aromatic carbocycles. The van der Waals surface area contributed by atoms with Gasteiger partial charge in [-0.05, 0) is 37.4 Å². The number of hydrogen-bond donors (Lipinski definition) is 1. The van der Waals surface area contributed by atoms with Gasteiger partial charge < -0.3 is 10.1 Å². The van der Waals surface area contributed by atoms with Gasteiger partial charge in [-0.3, -0.25) is 4.98 Å². The number of nitrogens with one attached hydrogen (secondary N) is 1. The highest BCUT2D eigenvalue weighted by Gasteiger charge is 1.99. The van der Waals surface area contributed by atoms with Gasteiger partial charge in [-0.2, -0.15) is 0 Å². The number of hydrogen-bond acceptors (Lipinski definition) is 3. The minimum Gasteiger partial charge on any atom is -0.456 e. The van der Waals surface area contributed by atoms with Crippen molar-refractivity contribution in [3.8, 4) is 11.5 Å². The molecule has 1 N–H and O–H groups in total. The molecule has 1 heterocycles. The van der Waals surface area contributed by atoms with Crippen molar-refractivity contribution in [2.75, 3.05) is 7.05 Å². The molecule has 0 amide bonds. The number of halogens is 1. The molecule has 0 bridgehead atoms. The maximum absolute atomic E-state index is 5.87. The Kier molecular flexibility index (Phi) is 3.96. The van der Waals surface area contributed by atoms with Gasteiger partial charge in [0.15, 0.2) is 0 Å². The van der Waals surface area contributed by atoms with E-state index in [1.54, 1.807) is 12.3 Å². The first-order chi connectivity index (χ1) is 8.28. The van der Waals surface area contributed by atoms with Crippen molar-refractivity contribution in [2.45, 2.75) is 6.54 Å². The third-order valence-corrected chi connectivity index (χ3v) is 2.42. The summed E-state index contributed by atoms with van der Waals surface area (Å²) >= 11 is 5.87. The van der Waals surface area contributed by atoms with E-state index in [-0.39, 0.29) is 0 Å². The summed E-state index contributed by atoms with van der Waals surface area (Å²) in [6, 6.07) is 11.1. The van der Waals surface area contributed by atoms with Crippen LogP contribution in [-0.4, -0.2) is 12.0 Å². The van der Waals surface area contributed by atoms with Crippen LogP contribution >= 0.6 is 11.6 Å². The van der Waals surface area contributed by atoms with E-state index >= 15 is 0 Å². The van der Waals surface area contributed by atoms with Gasteiger partial charge >= 0.3 is 0 Å². The predicted octanol–water partition coefficient (Wildman–Crippen LogP) is 3.25. The maximum atomic E-state index is 5.87. The minimum atomic E-state index is 0.655. The van der Waals surface area contributed by atoms with E-state index in [9.17, 15) is 0 Å². The molecule has 0 fully saturated rings. The van der Waals surface area contributed by atoms with E-state index in [1.807, 2.05) is 37.4 Å². The number of benzene rings is 1. The number of rotatable bonds is 4. The van der Waals surface area contributed by atoms with Gasteiger partial charge in [-0.25, -0.2) is 0 Å². The fraction of sp³-hybridized carbons (Fsp3) is 0.154. The Balaban J connectivity index is 2.08.